The van der Waals surface area contributed by atoms with Crippen molar-refractivity contribution in [2.75, 3.05) is 38.1 Å². The summed E-state index contributed by atoms with van der Waals surface area (Å²) < 4.78 is 5.99. The van der Waals surface area contributed by atoms with Gasteiger partial charge in [-0.2, -0.15) is 0 Å². The SMILES string of the molecule is O=C(Nc1cnccn1)N1CCN(C(=O)c2cccc(OCC3CCCCC3)c2)CC1. The van der Waals surface area contributed by atoms with Crippen molar-refractivity contribution < 1.29 is 14.3 Å². The Balaban J connectivity index is 1.27. The molecule has 0 spiro atoms. The number of amides is 3. The minimum absolute atomic E-state index is 0.0305. The number of carbonyl (C=O) groups excluding carboxylic acids is 2. The van der Waals surface area contributed by atoms with Gasteiger partial charge >= 0.3 is 6.03 Å². The second kappa shape index (κ2) is 10.2. The first-order valence-corrected chi connectivity index (χ1v) is 11.0. The summed E-state index contributed by atoms with van der Waals surface area (Å²) in [7, 11) is 0. The molecule has 0 unspecified atom stereocenters. The Bertz CT molecular complexity index is 878. The van der Waals surface area contributed by atoms with Crippen LogP contribution >= 0.6 is 0 Å². The molecule has 31 heavy (non-hydrogen) atoms. The molecule has 0 atom stereocenters. The van der Waals surface area contributed by atoms with Gasteiger partial charge in [0.2, 0.25) is 0 Å². The van der Waals surface area contributed by atoms with Gasteiger partial charge in [0.15, 0.2) is 5.82 Å². The maximum absolute atomic E-state index is 13.0. The zero-order chi connectivity index (χ0) is 21.5. The van der Waals surface area contributed by atoms with Gasteiger partial charge in [-0.15, -0.1) is 0 Å². The molecule has 1 aliphatic heterocycles. The van der Waals surface area contributed by atoms with Crippen LogP contribution in [0, 0.1) is 5.92 Å². The van der Waals surface area contributed by atoms with E-state index in [0.29, 0.717) is 43.5 Å². The van der Waals surface area contributed by atoms with Crippen LogP contribution in [0.5, 0.6) is 5.75 Å². The van der Waals surface area contributed by atoms with Gasteiger partial charge in [-0.1, -0.05) is 25.3 Å². The number of urea groups is 1. The van der Waals surface area contributed by atoms with Crippen LogP contribution in [0.1, 0.15) is 42.5 Å². The summed E-state index contributed by atoms with van der Waals surface area (Å²) in [6.45, 7) is 2.63. The molecular formula is C23H29N5O3. The summed E-state index contributed by atoms with van der Waals surface area (Å²) >= 11 is 0. The molecule has 0 bridgehead atoms. The monoisotopic (exact) mass is 423 g/mol. The highest BCUT2D eigenvalue weighted by Gasteiger charge is 2.25. The first-order chi connectivity index (χ1) is 15.2. The van der Waals surface area contributed by atoms with Gasteiger partial charge in [-0.05, 0) is 37.0 Å². The molecule has 1 N–H and O–H groups in total. The molecule has 1 aromatic heterocycles. The van der Waals surface area contributed by atoms with Crippen molar-refractivity contribution in [3.63, 3.8) is 0 Å². The van der Waals surface area contributed by atoms with Crippen LogP contribution in [0.4, 0.5) is 10.6 Å². The van der Waals surface area contributed by atoms with Crippen molar-refractivity contribution in [2.45, 2.75) is 32.1 Å². The molecule has 1 aliphatic carbocycles. The lowest BCUT2D eigenvalue weighted by molar-refractivity contribution is 0.0671. The Labute approximate surface area is 182 Å². The molecule has 2 aliphatic rings. The topological polar surface area (TPSA) is 87.7 Å². The number of anilines is 1. The summed E-state index contributed by atoms with van der Waals surface area (Å²) in [5.41, 5.74) is 0.624. The van der Waals surface area contributed by atoms with Gasteiger partial charge in [-0.25, -0.2) is 9.78 Å². The maximum atomic E-state index is 13.0. The number of nitrogens with one attached hydrogen (secondary N) is 1. The zero-order valence-electron chi connectivity index (χ0n) is 17.7. The fourth-order valence-corrected chi connectivity index (χ4v) is 4.13. The first kappa shape index (κ1) is 21.1. The molecule has 4 rings (SSSR count). The van der Waals surface area contributed by atoms with E-state index in [4.69, 9.17) is 4.74 Å². The van der Waals surface area contributed by atoms with E-state index in [9.17, 15) is 9.59 Å². The largest absolute Gasteiger partial charge is 0.493 e. The second-order valence-corrected chi connectivity index (χ2v) is 8.14. The molecule has 2 aromatic rings. The van der Waals surface area contributed by atoms with Gasteiger partial charge in [0.25, 0.3) is 5.91 Å². The van der Waals surface area contributed by atoms with E-state index in [1.807, 2.05) is 24.3 Å². The number of aromatic nitrogens is 2. The molecule has 0 radical (unpaired) electrons. The third kappa shape index (κ3) is 5.71. The Morgan fingerprint density at radius 2 is 1.81 bits per heavy atom. The van der Waals surface area contributed by atoms with Gasteiger partial charge in [-0.3, -0.25) is 15.1 Å². The minimum atomic E-state index is -0.231. The van der Waals surface area contributed by atoms with E-state index in [0.717, 1.165) is 12.4 Å². The van der Waals surface area contributed by atoms with E-state index in [1.165, 1.54) is 44.5 Å². The molecule has 1 saturated carbocycles. The maximum Gasteiger partial charge on any atom is 0.323 e. The van der Waals surface area contributed by atoms with E-state index < -0.39 is 0 Å². The third-order valence-corrected chi connectivity index (χ3v) is 5.94. The molecule has 2 heterocycles. The predicted molar refractivity (Wildman–Crippen MR) is 117 cm³/mol. The van der Waals surface area contributed by atoms with Crippen molar-refractivity contribution in [1.29, 1.82) is 0 Å². The van der Waals surface area contributed by atoms with Gasteiger partial charge in [0, 0.05) is 44.1 Å². The number of ether oxygens (including phenoxy) is 1. The molecule has 8 heteroatoms. The average molecular weight is 424 g/mol. The molecule has 1 saturated heterocycles. The fraction of sp³-hybridized carbons (Fsp3) is 0.478. The lowest BCUT2D eigenvalue weighted by Gasteiger charge is -2.34. The number of piperazine rings is 1. The van der Waals surface area contributed by atoms with Crippen molar-refractivity contribution >= 4 is 17.8 Å². The highest BCUT2D eigenvalue weighted by Crippen LogP contribution is 2.25. The van der Waals surface area contributed by atoms with Gasteiger partial charge < -0.3 is 14.5 Å². The van der Waals surface area contributed by atoms with E-state index in [1.54, 1.807) is 16.0 Å². The number of hydrogen-bond donors (Lipinski definition) is 1. The summed E-state index contributed by atoms with van der Waals surface area (Å²) in [6, 6.07) is 7.20. The first-order valence-electron chi connectivity index (χ1n) is 11.0. The van der Waals surface area contributed by atoms with E-state index in [2.05, 4.69) is 15.3 Å². The minimum Gasteiger partial charge on any atom is -0.493 e. The van der Waals surface area contributed by atoms with Crippen molar-refractivity contribution in [2.24, 2.45) is 5.92 Å². The number of hydrogen-bond acceptors (Lipinski definition) is 5. The van der Waals surface area contributed by atoms with Crippen molar-refractivity contribution in [3.8, 4) is 5.75 Å². The fourth-order valence-electron chi connectivity index (χ4n) is 4.13. The lowest BCUT2D eigenvalue weighted by atomic mass is 9.90. The number of carbonyl (C=O) groups is 2. The second-order valence-electron chi connectivity index (χ2n) is 8.14. The summed E-state index contributed by atoms with van der Waals surface area (Å²) in [4.78, 5) is 36.8. The van der Waals surface area contributed by atoms with Gasteiger partial charge in [0.1, 0.15) is 5.75 Å². The molecule has 164 valence electrons. The molecule has 1 aromatic carbocycles. The lowest BCUT2D eigenvalue weighted by Crippen LogP contribution is -2.51. The molecule has 3 amide bonds. The number of nitrogens with zero attached hydrogens (tertiary/aromatic N) is 4. The van der Waals surface area contributed by atoms with Crippen LogP contribution < -0.4 is 10.1 Å². The van der Waals surface area contributed by atoms with Crippen LogP contribution in [0.15, 0.2) is 42.9 Å². The Morgan fingerprint density at radius 3 is 2.55 bits per heavy atom. The van der Waals surface area contributed by atoms with Crippen LogP contribution in [0.3, 0.4) is 0 Å². The van der Waals surface area contributed by atoms with Crippen molar-refractivity contribution in [3.05, 3.63) is 48.4 Å². The Morgan fingerprint density at radius 1 is 1.03 bits per heavy atom. The summed E-state index contributed by atoms with van der Waals surface area (Å²) in [5, 5.41) is 2.73. The van der Waals surface area contributed by atoms with Crippen LogP contribution in [-0.2, 0) is 0 Å². The molecule has 2 fully saturated rings. The zero-order valence-corrected chi connectivity index (χ0v) is 17.7. The van der Waals surface area contributed by atoms with Crippen LogP contribution in [-0.4, -0.2) is 64.5 Å². The van der Waals surface area contributed by atoms with Crippen LogP contribution in [0.25, 0.3) is 0 Å². The molecule has 8 nitrogen and oxygen atoms in total. The Hall–Kier alpha value is -3.16. The van der Waals surface area contributed by atoms with Crippen LogP contribution in [0.2, 0.25) is 0 Å². The molecular weight excluding hydrogens is 394 g/mol. The normalized spacial score (nSPS) is 17.3. The highest BCUT2D eigenvalue weighted by atomic mass is 16.5. The Kier molecular flexibility index (Phi) is 6.96. The third-order valence-electron chi connectivity index (χ3n) is 5.94. The smallest absolute Gasteiger partial charge is 0.323 e. The summed E-state index contributed by atoms with van der Waals surface area (Å²) in [6.07, 6.45) is 10.9. The van der Waals surface area contributed by atoms with Crippen molar-refractivity contribution in [1.82, 2.24) is 19.8 Å². The van der Waals surface area contributed by atoms with Gasteiger partial charge in [0.05, 0.1) is 12.8 Å². The quantitative estimate of drug-likeness (QED) is 0.796. The summed E-state index contributed by atoms with van der Waals surface area (Å²) in [5.74, 6) is 1.75. The van der Waals surface area contributed by atoms with E-state index >= 15 is 0 Å². The predicted octanol–water partition coefficient (Wildman–Crippen LogP) is 3.43. The standard InChI is InChI=1S/C23H29N5O3/c29-22(19-7-4-8-20(15-19)31-17-18-5-2-1-3-6-18)27-11-13-28(14-12-27)23(30)26-21-16-24-9-10-25-21/h4,7-10,15-16,18H,1-3,5-6,11-14,17H2,(H,25,26,30). The van der Waals surface area contributed by atoms with E-state index in [-0.39, 0.29) is 11.9 Å². The highest BCUT2D eigenvalue weighted by molar-refractivity contribution is 5.95. The average Bonchev–Trinajstić information content (AvgIpc) is 2.84. The number of rotatable bonds is 5. The number of benzene rings is 1.